The average molecular weight is 297 g/mol. The predicted octanol–water partition coefficient (Wildman–Crippen LogP) is 4.28. The molecule has 5 heteroatoms. The van der Waals surface area contributed by atoms with Gasteiger partial charge in [0.05, 0.1) is 11.6 Å². The monoisotopic (exact) mass is 297 g/mol. The fourth-order valence-corrected chi connectivity index (χ4v) is 2.68. The van der Waals surface area contributed by atoms with Gasteiger partial charge in [0.25, 0.3) is 0 Å². The zero-order valence-corrected chi connectivity index (χ0v) is 12.4. The van der Waals surface area contributed by atoms with Crippen molar-refractivity contribution in [1.82, 2.24) is 0 Å². The Hall–Kier alpha value is -1.78. The van der Waals surface area contributed by atoms with Crippen molar-refractivity contribution in [3.8, 4) is 0 Å². The summed E-state index contributed by atoms with van der Waals surface area (Å²) >= 11 is 0. The minimum absolute atomic E-state index is 0.0656. The number of carbonyl (C=O) groups excluding carboxylic acids is 1. The number of rotatable bonds is 3. The number of benzene rings is 1. The van der Waals surface area contributed by atoms with Gasteiger partial charge in [0.1, 0.15) is 0 Å². The molecule has 1 aromatic rings. The average Bonchev–Trinajstić information content (AvgIpc) is 2.90. The van der Waals surface area contributed by atoms with Crippen LogP contribution in [0.15, 0.2) is 23.8 Å². The van der Waals surface area contributed by atoms with Gasteiger partial charge in [-0.05, 0) is 37.3 Å². The SMILES string of the molecule is CC(C)=C[C@H]1[C@@H](C(=O)Nc2ccc(F)c(F)c2F)C1(C)C. The van der Waals surface area contributed by atoms with Crippen LogP contribution >= 0.6 is 0 Å². The minimum Gasteiger partial charge on any atom is -0.323 e. The molecule has 1 aliphatic carbocycles. The van der Waals surface area contributed by atoms with Crippen molar-refractivity contribution in [3.05, 3.63) is 41.2 Å². The number of hydrogen-bond acceptors (Lipinski definition) is 1. The van der Waals surface area contributed by atoms with E-state index in [1.54, 1.807) is 0 Å². The summed E-state index contributed by atoms with van der Waals surface area (Å²) < 4.78 is 39.6. The van der Waals surface area contributed by atoms with Crippen LogP contribution in [-0.2, 0) is 4.79 Å². The number of allylic oxidation sites excluding steroid dienone is 2. The molecule has 0 bridgehead atoms. The molecule has 2 rings (SSSR count). The highest BCUT2D eigenvalue weighted by Gasteiger charge is 2.60. The zero-order chi connectivity index (χ0) is 15.9. The smallest absolute Gasteiger partial charge is 0.228 e. The molecule has 2 nitrogen and oxygen atoms in total. The fourth-order valence-electron chi connectivity index (χ4n) is 2.68. The summed E-state index contributed by atoms with van der Waals surface area (Å²) in [6.07, 6.45) is 2.01. The lowest BCUT2D eigenvalue weighted by atomic mass is 10.1. The molecule has 0 unspecified atom stereocenters. The quantitative estimate of drug-likeness (QED) is 0.655. The molecule has 1 N–H and O–H groups in total. The van der Waals surface area contributed by atoms with E-state index in [-0.39, 0.29) is 28.8 Å². The zero-order valence-electron chi connectivity index (χ0n) is 12.4. The van der Waals surface area contributed by atoms with Crippen molar-refractivity contribution in [3.63, 3.8) is 0 Å². The van der Waals surface area contributed by atoms with Gasteiger partial charge in [0.2, 0.25) is 5.91 Å². The summed E-state index contributed by atoms with van der Waals surface area (Å²) in [7, 11) is 0. The lowest BCUT2D eigenvalue weighted by molar-refractivity contribution is -0.118. The van der Waals surface area contributed by atoms with Gasteiger partial charge in [-0.15, -0.1) is 0 Å². The highest BCUT2D eigenvalue weighted by Crippen LogP contribution is 2.59. The Morgan fingerprint density at radius 2 is 1.81 bits per heavy atom. The maximum absolute atomic E-state index is 13.6. The molecule has 0 heterocycles. The molecule has 2 atom stereocenters. The summed E-state index contributed by atoms with van der Waals surface area (Å²) in [6.45, 7) is 7.78. The highest BCUT2D eigenvalue weighted by atomic mass is 19.2. The van der Waals surface area contributed by atoms with Gasteiger partial charge >= 0.3 is 0 Å². The van der Waals surface area contributed by atoms with Crippen LogP contribution in [0.5, 0.6) is 0 Å². The number of nitrogens with one attached hydrogen (secondary N) is 1. The normalized spacial score (nSPS) is 22.6. The summed E-state index contributed by atoms with van der Waals surface area (Å²) in [5, 5.41) is 2.35. The first-order valence-corrected chi connectivity index (χ1v) is 6.75. The summed E-state index contributed by atoms with van der Waals surface area (Å²) in [6, 6.07) is 1.82. The van der Waals surface area contributed by atoms with Crippen molar-refractivity contribution >= 4 is 11.6 Å². The van der Waals surface area contributed by atoms with Crippen molar-refractivity contribution in [2.24, 2.45) is 17.3 Å². The van der Waals surface area contributed by atoms with Gasteiger partial charge in [-0.25, -0.2) is 13.2 Å². The van der Waals surface area contributed by atoms with E-state index in [0.29, 0.717) is 0 Å². The van der Waals surface area contributed by atoms with Crippen LogP contribution in [-0.4, -0.2) is 5.91 Å². The van der Waals surface area contributed by atoms with Gasteiger partial charge in [-0.2, -0.15) is 0 Å². The van der Waals surface area contributed by atoms with Gasteiger partial charge < -0.3 is 5.32 Å². The Balaban J connectivity index is 2.17. The van der Waals surface area contributed by atoms with Gasteiger partial charge in [0, 0.05) is 0 Å². The molecule has 1 saturated carbocycles. The number of anilines is 1. The van der Waals surface area contributed by atoms with E-state index in [4.69, 9.17) is 0 Å². The van der Waals surface area contributed by atoms with Crippen molar-refractivity contribution in [2.45, 2.75) is 27.7 Å². The summed E-state index contributed by atoms with van der Waals surface area (Å²) in [4.78, 5) is 12.2. The van der Waals surface area contributed by atoms with Crippen molar-refractivity contribution in [2.75, 3.05) is 5.32 Å². The molecule has 0 saturated heterocycles. The van der Waals surface area contributed by atoms with E-state index < -0.39 is 17.5 Å². The molecule has 0 radical (unpaired) electrons. The highest BCUT2D eigenvalue weighted by molar-refractivity contribution is 5.95. The second-order valence-corrected chi connectivity index (χ2v) is 6.28. The Morgan fingerprint density at radius 1 is 1.19 bits per heavy atom. The minimum atomic E-state index is -1.58. The third kappa shape index (κ3) is 2.82. The topological polar surface area (TPSA) is 29.1 Å². The van der Waals surface area contributed by atoms with Gasteiger partial charge in [-0.3, -0.25) is 4.79 Å². The third-order valence-corrected chi connectivity index (χ3v) is 4.00. The van der Waals surface area contributed by atoms with E-state index in [1.807, 2.05) is 33.8 Å². The number of halogens is 3. The lowest BCUT2D eigenvalue weighted by Crippen LogP contribution is -2.18. The number of amides is 1. The van der Waals surface area contributed by atoms with Crippen LogP contribution in [0.4, 0.5) is 18.9 Å². The Kier molecular flexibility index (Phi) is 3.87. The van der Waals surface area contributed by atoms with Crippen LogP contribution in [0.1, 0.15) is 27.7 Å². The van der Waals surface area contributed by atoms with Crippen LogP contribution in [0.25, 0.3) is 0 Å². The fraction of sp³-hybridized carbons (Fsp3) is 0.438. The number of carbonyl (C=O) groups is 1. The first-order valence-electron chi connectivity index (χ1n) is 6.75. The second kappa shape index (κ2) is 5.20. The second-order valence-electron chi connectivity index (χ2n) is 6.28. The van der Waals surface area contributed by atoms with Crippen LogP contribution < -0.4 is 5.32 Å². The predicted molar refractivity (Wildman–Crippen MR) is 75.1 cm³/mol. The molecule has 0 aliphatic heterocycles. The van der Waals surface area contributed by atoms with Gasteiger partial charge in [-0.1, -0.05) is 25.5 Å². The Labute approximate surface area is 122 Å². The first-order chi connectivity index (χ1) is 9.66. The maximum Gasteiger partial charge on any atom is 0.228 e. The lowest BCUT2D eigenvalue weighted by Gasteiger charge is -2.08. The van der Waals surface area contributed by atoms with E-state index in [0.717, 1.165) is 17.7 Å². The molecule has 114 valence electrons. The summed E-state index contributed by atoms with van der Waals surface area (Å²) in [5.41, 5.74) is 0.538. The molecule has 1 amide bonds. The van der Waals surface area contributed by atoms with E-state index in [1.165, 1.54) is 0 Å². The molecule has 1 aromatic carbocycles. The maximum atomic E-state index is 13.6. The number of hydrogen-bond donors (Lipinski definition) is 1. The van der Waals surface area contributed by atoms with Crippen molar-refractivity contribution < 1.29 is 18.0 Å². The molecular formula is C16H18F3NO. The Morgan fingerprint density at radius 3 is 2.38 bits per heavy atom. The summed E-state index contributed by atoms with van der Waals surface area (Å²) in [5.74, 6) is -4.85. The molecule has 0 aromatic heterocycles. The van der Waals surface area contributed by atoms with E-state index in [2.05, 4.69) is 5.32 Å². The molecule has 1 aliphatic rings. The van der Waals surface area contributed by atoms with E-state index >= 15 is 0 Å². The molecule has 1 fully saturated rings. The van der Waals surface area contributed by atoms with Crippen LogP contribution in [0.2, 0.25) is 0 Å². The standard InChI is InChI=1S/C16H18F3NO/c1-8(2)7-9-12(16(9,3)4)15(21)20-11-6-5-10(17)13(18)14(11)19/h5-7,9,12H,1-4H3,(H,20,21)/t9-,12-/m0/s1. The largest absolute Gasteiger partial charge is 0.323 e. The van der Waals surface area contributed by atoms with E-state index in [9.17, 15) is 18.0 Å². The first kappa shape index (κ1) is 15.6. The Bertz CT molecular complexity index is 618. The molecule has 21 heavy (non-hydrogen) atoms. The van der Waals surface area contributed by atoms with Crippen LogP contribution in [0, 0.1) is 34.7 Å². The molecule has 0 spiro atoms. The van der Waals surface area contributed by atoms with Crippen LogP contribution in [0.3, 0.4) is 0 Å². The van der Waals surface area contributed by atoms with Crippen molar-refractivity contribution in [1.29, 1.82) is 0 Å². The third-order valence-electron chi connectivity index (χ3n) is 4.00. The molecular weight excluding hydrogens is 279 g/mol. The van der Waals surface area contributed by atoms with Gasteiger partial charge in [0.15, 0.2) is 17.5 Å².